The molecule has 0 radical (unpaired) electrons. The summed E-state index contributed by atoms with van der Waals surface area (Å²) in [5, 5.41) is 18.4. The zero-order chi connectivity index (χ0) is 15.2. The van der Waals surface area contributed by atoms with Gasteiger partial charge in [0.1, 0.15) is 11.5 Å². The fourth-order valence-electron chi connectivity index (χ4n) is 2.13. The zero-order valence-corrected chi connectivity index (χ0v) is 12.0. The van der Waals surface area contributed by atoms with Crippen molar-refractivity contribution in [3.05, 3.63) is 23.8 Å². The van der Waals surface area contributed by atoms with E-state index in [-0.39, 0.29) is 12.8 Å². The predicted molar refractivity (Wildman–Crippen MR) is 74.0 cm³/mol. The molecule has 1 aromatic carbocycles. The standard InChI is InChI=1S/C15H19NO4/c1-4-15(10-16,6-5-14(17)18)11-7-12(19-2)9-13(8-11)20-3/h7-9H,4-6H2,1-3H3,(H,17,18). The third-order valence-corrected chi connectivity index (χ3v) is 3.49. The maximum atomic E-state index is 10.8. The maximum absolute atomic E-state index is 10.8. The van der Waals surface area contributed by atoms with Gasteiger partial charge < -0.3 is 14.6 Å². The summed E-state index contributed by atoms with van der Waals surface area (Å²) in [4.78, 5) is 10.8. The highest BCUT2D eigenvalue weighted by Crippen LogP contribution is 2.36. The molecule has 20 heavy (non-hydrogen) atoms. The summed E-state index contributed by atoms with van der Waals surface area (Å²) in [5.74, 6) is 0.262. The molecule has 1 aromatic rings. The van der Waals surface area contributed by atoms with Crippen LogP contribution in [0.4, 0.5) is 0 Å². The van der Waals surface area contributed by atoms with Crippen molar-refractivity contribution in [1.82, 2.24) is 0 Å². The SMILES string of the molecule is CCC(C#N)(CCC(=O)O)c1cc(OC)cc(OC)c1. The van der Waals surface area contributed by atoms with Gasteiger partial charge in [-0.15, -0.1) is 0 Å². The molecule has 0 aliphatic rings. The lowest BCUT2D eigenvalue weighted by Crippen LogP contribution is -2.24. The maximum Gasteiger partial charge on any atom is 0.303 e. The molecule has 1 atom stereocenters. The lowest BCUT2D eigenvalue weighted by molar-refractivity contribution is -0.137. The minimum atomic E-state index is -0.909. The molecular formula is C15H19NO4. The van der Waals surface area contributed by atoms with Crippen LogP contribution in [0.25, 0.3) is 0 Å². The van der Waals surface area contributed by atoms with Crippen LogP contribution in [-0.4, -0.2) is 25.3 Å². The van der Waals surface area contributed by atoms with E-state index in [0.29, 0.717) is 17.9 Å². The van der Waals surface area contributed by atoms with E-state index in [2.05, 4.69) is 6.07 Å². The summed E-state index contributed by atoms with van der Waals surface area (Å²) in [6.07, 6.45) is 0.722. The van der Waals surface area contributed by atoms with Crippen LogP contribution in [0.3, 0.4) is 0 Å². The summed E-state index contributed by atoms with van der Waals surface area (Å²) in [6.45, 7) is 1.87. The van der Waals surface area contributed by atoms with E-state index in [9.17, 15) is 10.1 Å². The Morgan fingerprint density at radius 1 is 1.30 bits per heavy atom. The van der Waals surface area contributed by atoms with Crippen molar-refractivity contribution in [2.45, 2.75) is 31.6 Å². The van der Waals surface area contributed by atoms with Crippen molar-refractivity contribution < 1.29 is 19.4 Å². The normalized spacial score (nSPS) is 13.1. The van der Waals surface area contributed by atoms with Gasteiger partial charge in [0.2, 0.25) is 0 Å². The fraction of sp³-hybridized carbons (Fsp3) is 0.467. The van der Waals surface area contributed by atoms with Crippen LogP contribution in [0.2, 0.25) is 0 Å². The number of nitriles is 1. The van der Waals surface area contributed by atoms with E-state index in [1.165, 1.54) is 14.2 Å². The van der Waals surface area contributed by atoms with Crippen LogP contribution in [0.1, 0.15) is 31.7 Å². The summed E-state index contributed by atoms with van der Waals surface area (Å²) in [6, 6.07) is 7.51. The Hall–Kier alpha value is -2.22. The smallest absolute Gasteiger partial charge is 0.303 e. The number of carboxylic acids is 1. The van der Waals surface area contributed by atoms with Crippen molar-refractivity contribution in [2.24, 2.45) is 0 Å². The van der Waals surface area contributed by atoms with Gasteiger partial charge in [-0.3, -0.25) is 4.79 Å². The van der Waals surface area contributed by atoms with Crippen molar-refractivity contribution in [3.8, 4) is 17.6 Å². The van der Waals surface area contributed by atoms with Gasteiger partial charge in [-0.2, -0.15) is 5.26 Å². The van der Waals surface area contributed by atoms with Crippen LogP contribution in [0.15, 0.2) is 18.2 Å². The van der Waals surface area contributed by atoms with Gasteiger partial charge >= 0.3 is 5.97 Å². The molecule has 5 heteroatoms. The number of ether oxygens (including phenoxy) is 2. The Morgan fingerprint density at radius 2 is 1.85 bits per heavy atom. The molecule has 0 spiro atoms. The Labute approximate surface area is 118 Å². The zero-order valence-electron chi connectivity index (χ0n) is 12.0. The lowest BCUT2D eigenvalue weighted by Gasteiger charge is -2.26. The number of methoxy groups -OCH3 is 2. The van der Waals surface area contributed by atoms with E-state index < -0.39 is 11.4 Å². The Balaban J connectivity index is 3.26. The first-order valence-corrected chi connectivity index (χ1v) is 6.38. The van der Waals surface area contributed by atoms with Crippen LogP contribution < -0.4 is 9.47 Å². The van der Waals surface area contributed by atoms with Gasteiger partial charge in [0.05, 0.1) is 25.7 Å². The third-order valence-electron chi connectivity index (χ3n) is 3.49. The van der Waals surface area contributed by atoms with E-state index in [4.69, 9.17) is 14.6 Å². The number of benzene rings is 1. The first kappa shape index (κ1) is 15.8. The number of aliphatic carboxylic acids is 1. The van der Waals surface area contributed by atoms with Crippen molar-refractivity contribution in [2.75, 3.05) is 14.2 Å². The second kappa shape index (κ2) is 6.80. The van der Waals surface area contributed by atoms with E-state index >= 15 is 0 Å². The Morgan fingerprint density at radius 3 is 2.20 bits per heavy atom. The molecular weight excluding hydrogens is 258 g/mol. The minimum absolute atomic E-state index is 0.0546. The van der Waals surface area contributed by atoms with E-state index in [1.807, 2.05) is 6.92 Å². The minimum Gasteiger partial charge on any atom is -0.497 e. The first-order valence-electron chi connectivity index (χ1n) is 6.38. The van der Waals surface area contributed by atoms with E-state index in [0.717, 1.165) is 5.56 Å². The molecule has 108 valence electrons. The fourth-order valence-corrected chi connectivity index (χ4v) is 2.13. The van der Waals surface area contributed by atoms with Crippen molar-refractivity contribution in [1.29, 1.82) is 5.26 Å². The third kappa shape index (κ3) is 3.41. The summed E-state index contributed by atoms with van der Waals surface area (Å²) in [7, 11) is 3.08. The van der Waals surface area contributed by atoms with Gasteiger partial charge in [0, 0.05) is 12.5 Å². The largest absolute Gasteiger partial charge is 0.497 e. The van der Waals surface area contributed by atoms with Crippen molar-refractivity contribution >= 4 is 5.97 Å². The highest BCUT2D eigenvalue weighted by molar-refractivity contribution is 5.67. The van der Waals surface area contributed by atoms with Gasteiger partial charge in [-0.05, 0) is 30.5 Å². The monoisotopic (exact) mass is 277 g/mol. The molecule has 0 aliphatic carbocycles. The number of hydrogen-bond donors (Lipinski definition) is 1. The Kier molecular flexibility index (Phi) is 5.39. The van der Waals surface area contributed by atoms with E-state index in [1.54, 1.807) is 18.2 Å². The molecule has 0 amide bonds. The molecule has 0 heterocycles. The average Bonchev–Trinajstić information content (AvgIpc) is 2.48. The summed E-state index contributed by atoms with van der Waals surface area (Å²) < 4.78 is 10.4. The molecule has 0 bridgehead atoms. The van der Waals surface area contributed by atoms with Crippen LogP contribution in [0, 0.1) is 11.3 Å². The molecule has 0 saturated heterocycles. The molecule has 1 N–H and O–H groups in total. The van der Waals surface area contributed by atoms with Gasteiger partial charge in [-0.1, -0.05) is 6.92 Å². The molecule has 0 aliphatic heterocycles. The van der Waals surface area contributed by atoms with Gasteiger partial charge in [0.15, 0.2) is 0 Å². The second-order valence-corrected chi connectivity index (χ2v) is 4.54. The highest BCUT2D eigenvalue weighted by Gasteiger charge is 2.32. The first-order chi connectivity index (χ1) is 9.51. The quantitative estimate of drug-likeness (QED) is 0.829. The van der Waals surface area contributed by atoms with Gasteiger partial charge in [-0.25, -0.2) is 0 Å². The number of carboxylic acid groups (broad SMARTS) is 1. The molecule has 1 rings (SSSR count). The molecule has 0 saturated carbocycles. The number of carbonyl (C=O) groups is 1. The van der Waals surface area contributed by atoms with Crippen LogP contribution in [0.5, 0.6) is 11.5 Å². The lowest BCUT2D eigenvalue weighted by atomic mass is 9.75. The number of rotatable bonds is 7. The van der Waals surface area contributed by atoms with Crippen molar-refractivity contribution in [3.63, 3.8) is 0 Å². The summed E-state index contributed by atoms with van der Waals surface area (Å²) in [5.41, 5.74) is -0.125. The number of nitrogens with zero attached hydrogens (tertiary/aromatic N) is 1. The molecule has 0 aromatic heterocycles. The predicted octanol–water partition coefficient (Wildman–Crippen LogP) is 2.74. The topological polar surface area (TPSA) is 79.6 Å². The van der Waals surface area contributed by atoms with Crippen LogP contribution >= 0.6 is 0 Å². The van der Waals surface area contributed by atoms with Crippen LogP contribution in [-0.2, 0) is 10.2 Å². The highest BCUT2D eigenvalue weighted by atomic mass is 16.5. The Bertz CT molecular complexity index is 499. The average molecular weight is 277 g/mol. The molecule has 5 nitrogen and oxygen atoms in total. The molecule has 1 unspecified atom stereocenters. The van der Waals surface area contributed by atoms with Gasteiger partial charge in [0.25, 0.3) is 0 Å². The second-order valence-electron chi connectivity index (χ2n) is 4.54. The summed E-state index contributed by atoms with van der Waals surface area (Å²) >= 11 is 0. The number of hydrogen-bond acceptors (Lipinski definition) is 4. The molecule has 0 fully saturated rings.